The van der Waals surface area contributed by atoms with E-state index in [9.17, 15) is 4.39 Å². The summed E-state index contributed by atoms with van der Waals surface area (Å²) in [5, 5.41) is 12.9. The van der Waals surface area contributed by atoms with Crippen molar-refractivity contribution >= 4 is 64.6 Å². The quantitative estimate of drug-likeness (QED) is 0.0946. The van der Waals surface area contributed by atoms with E-state index in [2.05, 4.69) is 172 Å². The third kappa shape index (κ3) is 6.06. The van der Waals surface area contributed by atoms with Crippen LogP contribution in [0.2, 0.25) is 0 Å². The van der Waals surface area contributed by atoms with Crippen LogP contribution in [0, 0.1) is 17.5 Å². The average molecular weight is 793 g/mol. The summed E-state index contributed by atoms with van der Waals surface area (Å²) < 4.78 is 44.9. The number of hydrogen-bond acceptors (Lipinski definition) is 0. The lowest BCUT2D eigenvalue weighted by Crippen LogP contribution is -2.10. The van der Waals surface area contributed by atoms with E-state index < -0.39 is 17.5 Å². The molecule has 0 aliphatic carbocycles. The molecule has 3 heteroatoms. The summed E-state index contributed by atoms with van der Waals surface area (Å²) in [7, 11) is 0. The smallest absolute Gasteiger partial charge is 0.194 e. The fourth-order valence-corrected chi connectivity index (χ4v) is 9.51. The molecule has 0 heterocycles. The summed E-state index contributed by atoms with van der Waals surface area (Å²) in [6.45, 7) is 6.68. The molecule has 0 saturated heterocycles. The Labute approximate surface area is 352 Å². The van der Waals surface area contributed by atoms with Crippen molar-refractivity contribution in [1.82, 2.24) is 0 Å². The monoisotopic (exact) mass is 792 g/mol. The highest BCUT2D eigenvalue weighted by molar-refractivity contribution is 6.25. The van der Waals surface area contributed by atoms with Crippen LogP contribution in [0.4, 0.5) is 13.2 Å². The second-order valence-corrected chi connectivity index (χ2v) is 17.3. The predicted octanol–water partition coefficient (Wildman–Crippen LogP) is 17.0. The average Bonchev–Trinajstić information content (AvgIpc) is 3.28. The van der Waals surface area contributed by atoms with E-state index in [-0.39, 0.29) is 11.0 Å². The van der Waals surface area contributed by atoms with Crippen molar-refractivity contribution in [2.24, 2.45) is 0 Å². The number of rotatable bonds is 4. The van der Waals surface area contributed by atoms with Crippen molar-refractivity contribution in [3.63, 3.8) is 0 Å². The predicted molar refractivity (Wildman–Crippen MR) is 252 cm³/mol. The van der Waals surface area contributed by atoms with Crippen molar-refractivity contribution in [3.05, 3.63) is 205 Å². The van der Waals surface area contributed by atoms with Gasteiger partial charge in [0.25, 0.3) is 0 Å². The second-order valence-electron chi connectivity index (χ2n) is 17.3. The Bertz CT molecular complexity index is 3570. The topological polar surface area (TPSA) is 0 Å². The van der Waals surface area contributed by atoms with E-state index in [0.29, 0.717) is 5.56 Å². The van der Waals surface area contributed by atoms with E-state index in [1.54, 1.807) is 0 Å². The van der Waals surface area contributed by atoms with Gasteiger partial charge in [-0.15, -0.1) is 0 Å². The van der Waals surface area contributed by atoms with E-state index in [1.165, 1.54) is 5.56 Å². The molecule has 0 aliphatic heterocycles. The molecule has 0 amide bonds. The van der Waals surface area contributed by atoms with Crippen LogP contribution in [0.3, 0.4) is 0 Å². The lowest BCUT2D eigenvalue weighted by molar-refractivity contribution is 0.448. The molecular formula is C58H39F3. The van der Waals surface area contributed by atoms with Crippen LogP contribution in [0.15, 0.2) is 182 Å². The minimum Gasteiger partial charge on any atom is -0.204 e. The van der Waals surface area contributed by atoms with Gasteiger partial charge in [0.2, 0.25) is 0 Å². The fourth-order valence-electron chi connectivity index (χ4n) is 9.51. The van der Waals surface area contributed by atoms with Gasteiger partial charge in [0.15, 0.2) is 17.5 Å². The molecule has 0 aromatic heterocycles. The second kappa shape index (κ2) is 13.9. The molecule has 0 unspecified atom stereocenters. The van der Waals surface area contributed by atoms with E-state index in [0.717, 1.165) is 110 Å². The summed E-state index contributed by atoms with van der Waals surface area (Å²) in [6, 6.07) is 62.4. The summed E-state index contributed by atoms with van der Waals surface area (Å²) >= 11 is 0. The van der Waals surface area contributed by atoms with Crippen LogP contribution in [-0.4, -0.2) is 0 Å². The van der Waals surface area contributed by atoms with Gasteiger partial charge in [0, 0.05) is 0 Å². The molecule has 61 heavy (non-hydrogen) atoms. The van der Waals surface area contributed by atoms with E-state index >= 15 is 8.78 Å². The van der Waals surface area contributed by atoms with E-state index in [1.807, 2.05) is 18.2 Å². The van der Waals surface area contributed by atoms with Crippen LogP contribution in [-0.2, 0) is 5.41 Å². The molecule has 0 nitrogen and oxygen atoms in total. The Morgan fingerprint density at radius 1 is 0.311 bits per heavy atom. The molecule has 11 aromatic carbocycles. The van der Waals surface area contributed by atoms with Crippen molar-refractivity contribution in [1.29, 1.82) is 0 Å². The molecule has 0 aliphatic rings. The minimum atomic E-state index is -1.48. The lowest BCUT2D eigenvalue weighted by Gasteiger charge is -2.21. The number of benzene rings is 11. The molecule has 0 fully saturated rings. The largest absolute Gasteiger partial charge is 0.204 e. The van der Waals surface area contributed by atoms with Gasteiger partial charge in [-0.2, -0.15) is 0 Å². The van der Waals surface area contributed by atoms with Gasteiger partial charge in [-0.1, -0.05) is 154 Å². The summed E-state index contributed by atoms with van der Waals surface area (Å²) in [6.07, 6.45) is 0. The first-order valence-electron chi connectivity index (χ1n) is 20.7. The third-order valence-corrected chi connectivity index (χ3v) is 12.6. The zero-order valence-corrected chi connectivity index (χ0v) is 34.0. The van der Waals surface area contributed by atoms with Gasteiger partial charge in [-0.3, -0.25) is 0 Å². The number of hydrogen-bond donors (Lipinski definition) is 0. The Balaban J connectivity index is 1.32. The summed E-state index contributed by atoms with van der Waals surface area (Å²) in [5.74, 6) is -3.94. The van der Waals surface area contributed by atoms with Crippen LogP contribution in [0.5, 0.6) is 0 Å². The van der Waals surface area contributed by atoms with Gasteiger partial charge in [-0.05, 0) is 169 Å². The van der Waals surface area contributed by atoms with Gasteiger partial charge >= 0.3 is 0 Å². The molecular weight excluding hydrogens is 754 g/mol. The highest BCUT2D eigenvalue weighted by Crippen LogP contribution is 2.48. The zero-order valence-electron chi connectivity index (χ0n) is 34.0. The highest BCUT2D eigenvalue weighted by Gasteiger charge is 2.22. The molecule has 0 radical (unpaired) electrons. The standard InChI is InChI=1S/C58H39F3/c1-58(2,3)41-23-20-34(21-24-41)35-22-25-44-40(26-35)31-51-50(49-27-36-12-4-6-14-42(36)45-16-8-10-18-47(45)49)29-38(39-32-54(59)57(61)55(60)33-39)30-53(51)56(44)52-28-37-13-5-7-15-43(37)46-17-9-11-19-48(46)52/h4-33H,1-3H3. The Kier molecular flexibility index (Phi) is 8.41. The Morgan fingerprint density at radius 3 is 1.41 bits per heavy atom. The fraction of sp³-hybridized carbons (Fsp3) is 0.0690. The maximum absolute atomic E-state index is 15.2. The van der Waals surface area contributed by atoms with Crippen molar-refractivity contribution in [2.75, 3.05) is 0 Å². The molecule has 0 atom stereocenters. The first kappa shape index (κ1) is 36.8. The van der Waals surface area contributed by atoms with Gasteiger partial charge in [0.1, 0.15) is 0 Å². The molecule has 0 spiro atoms. The molecule has 11 aromatic rings. The van der Waals surface area contributed by atoms with Crippen LogP contribution in [0.25, 0.3) is 109 Å². The summed E-state index contributed by atoms with van der Waals surface area (Å²) in [4.78, 5) is 0. The van der Waals surface area contributed by atoms with Gasteiger partial charge in [0.05, 0.1) is 0 Å². The maximum atomic E-state index is 15.2. The van der Waals surface area contributed by atoms with Gasteiger partial charge < -0.3 is 0 Å². The SMILES string of the molecule is CC(C)(C)c1ccc(-c2ccc3c(-c4cc5ccccc5c5ccccc45)c4cc(-c5cc(F)c(F)c(F)c5)cc(-c5cc6ccccc6c6ccccc56)c4cc3c2)cc1. The van der Waals surface area contributed by atoms with Crippen molar-refractivity contribution < 1.29 is 13.2 Å². The summed E-state index contributed by atoms with van der Waals surface area (Å²) in [5.41, 5.74) is 8.35. The first-order chi connectivity index (χ1) is 29.6. The molecule has 0 bridgehead atoms. The van der Waals surface area contributed by atoms with E-state index in [4.69, 9.17) is 0 Å². The van der Waals surface area contributed by atoms with Gasteiger partial charge in [-0.25, -0.2) is 13.2 Å². The third-order valence-electron chi connectivity index (χ3n) is 12.6. The van der Waals surface area contributed by atoms with Crippen LogP contribution >= 0.6 is 0 Å². The normalized spacial score (nSPS) is 12.1. The van der Waals surface area contributed by atoms with Crippen molar-refractivity contribution in [2.45, 2.75) is 26.2 Å². The maximum Gasteiger partial charge on any atom is 0.194 e. The van der Waals surface area contributed by atoms with Crippen LogP contribution < -0.4 is 0 Å². The Hall–Kier alpha value is -7.23. The van der Waals surface area contributed by atoms with Crippen molar-refractivity contribution in [3.8, 4) is 44.5 Å². The molecule has 0 saturated carbocycles. The first-order valence-corrected chi connectivity index (χ1v) is 20.7. The lowest BCUT2D eigenvalue weighted by atomic mass is 9.82. The highest BCUT2D eigenvalue weighted by atomic mass is 19.2. The molecule has 11 rings (SSSR count). The zero-order chi connectivity index (χ0) is 41.6. The number of fused-ring (bicyclic) bond motifs is 8. The number of halogens is 3. The molecule has 0 N–H and O–H groups in total. The Morgan fingerprint density at radius 2 is 0.803 bits per heavy atom. The minimum absolute atomic E-state index is 0.0337. The van der Waals surface area contributed by atoms with Crippen LogP contribution in [0.1, 0.15) is 26.3 Å². The molecule has 292 valence electrons.